The summed E-state index contributed by atoms with van der Waals surface area (Å²) >= 11 is 7.62. The molecule has 0 saturated carbocycles. The van der Waals surface area contributed by atoms with Gasteiger partial charge < -0.3 is 5.32 Å². The number of hydrogen-bond acceptors (Lipinski definition) is 3. The lowest BCUT2D eigenvalue weighted by molar-refractivity contribution is 0.102. The molecule has 24 heavy (non-hydrogen) atoms. The smallest absolute Gasteiger partial charge is 0.257 e. The van der Waals surface area contributed by atoms with Gasteiger partial charge in [-0.1, -0.05) is 44.5 Å². The molecule has 0 bridgehead atoms. The lowest BCUT2D eigenvalue weighted by Gasteiger charge is -2.33. The fourth-order valence-corrected chi connectivity index (χ4v) is 4.99. The van der Waals surface area contributed by atoms with E-state index in [2.05, 4.69) is 32.2 Å². The minimum Gasteiger partial charge on any atom is -0.312 e. The van der Waals surface area contributed by atoms with Crippen molar-refractivity contribution in [3.8, 4) is 6.07 Å². The quantitative estimate of drug-likeness (QED) is 0.759. The summed E-state index contributed by atoms with van der Waals surface area (Å²) in [5, 5.41) is 13.6. The summed E-state index contributed by atoms with van der Waals surface area (Å²) in [5.41, 5.74) is 2.29. The van der Waals surface area contributed by atoms with E-state index in [1.165, 1.54) is 16.2 Å². The van der Waals surface area contributed by atoms with Crippen LogP contribution in [0.4, 0.5) is 5.00 Å². The van der Waals surface area contributed by atoms with Crippen LogP contribution in [0.2, 0.25) is 5.02 Å². The molecular weight excluding hydrogens is 340 g/mol. The third kappa shape index (κ3) is 3.07. The van der Waals surface area contributed by atoms with E-state index in [0.29, 0.717) is 27.1 Å². The number of carbonyl (C=O) groups is 1. The zero-order valence-electron chi connectivity index (χ0n) is 13.9. The van der Waals surface area contributed by atoms with E-state index in [0.717, 1.165) is 18.4 Å². The second kappa shape index (κ2) is 6.23. The first-order valence-corrected chi connectivity index (χ1v) is 9.13. The number of nitriles is 1. The van der Waals surface area contributed by atoms with Gasteiger partial charge in [-0.05, 0) is 41.9 Å². The number of carbonyl (C=O) groups excluding carboxylic acids is 1. The molecule has 0 unspecified atom stereocenters. The van der Waals surface area contributed by atoms with Gasteiger partial charge >= 0.3 is 0 Å². The van der Waals surface area contributed by atoms with Gasteiger partial charge in [0.05, 0.1) is 16.1 Å². The molecule has 0 aliphatic heterocycles. The Kier molecular flexibility index (Phi) is 4.42. The van der Waals surface area contributed by atoms with E-state index >= 15 is 0 Å². The van der Waals surface area contributed by atoms with Gasteiger partial charge in [-0.3, -0.25) is 4.79 Å². The Morgan fingerprint density at radius 2 is 2.12 bits per heavy atom. The molecule has 1 aromatic heterocycles. The molecule has 0 fully saturated rings. The second-order valence-electron chi connectivity index (χ2n) is 7.14. The standard InChI is InChI=1S/C19H19ClN2OS/c1-11-8-19(2,3)9-13-14(10-21)18(24-16(11)13)22-17(23)12-6-4-5-7-15(12)20/h4-7,11H,8-9H2,1-3H3,(H,22,23)/t11-/m0/s1. The molecule has 1 N–H and O–H groups in total. The predicted octanol–water partition coefficient (Wildman–Crippen LogP) is 5.60. The maximum atomic E-state index is 12.5. The Labute approximate surface area is 151 Å². The molecule has 1 aliphatic carbocycles. The molecule has 2 aromatic rings. The molecule has 0 saturated heterocycles. The highest BCUT2D eigenvalue weighted by Gasteiger charge is 2.34. The average molecular weight is 359 g/mol. The molecule has 0 radical (unpaired) electrons. The van der Waals surface area contributed by atoms with Crippen molar-refractivity contribution in [1.82, 2.24) is 0 Å². The maximum Gasteiger partial charge on any atom is 0.257 e. The first kappa shape index (κ1) is 17.0. The normalized spacial score (nSPS) is 18.5. The van der Waals surface area contributed by atoms with Crippen LogP contribution in [0, 0.1) is 16.7 Å². The summed E-state index contributed by atoms with van der Waals surface area (Å²) in [4.78, 5) is 13.7. The largest absolute Gasteiger partial charge is 0.312 e. The number of halogens is 1. The van der Waals surface area contributed by atoms with Crippen LogP contribution in [-0.2, 0) is 6.42 Å². The van der Waals surface area contributed by atoms with Gasteiger partial charge in [-0.15, -0.1) is 11.3 Å². The minimum absolute atomic E-state index is 0.170. The van der Waals surface area contributed by atoms with Gasteiger partial charge in [0.15, 0.2) is 0 Å². The van der Waals surface area contributed by atoms with Crippen molar-refractivity contribution in [2.75, 3.05) is 5.32 Å². The summed E-state index contributed by atoms with van der Waals surface area (Å²) in [7, 11) is 0. The van der Waals surface area contributed by atoms with Crippen LogP contribution in [0.1, 0.15) is 59.5 Å². The zero-order valence-corrected chi connectivity index (χ0v) is 15.5. The van der Waals surface area contributed by atoms with Gasteiger partial charge in [-0.2, -0.15) is 5.26 Å². The number of nitrogens with one attached hydrogen (secondary N) is 1. The Morgan fingerprint density at radius 1 is 1.42 bits per heavy atom. The molecule has 3 nitrogen and oxygen atoms in total. The number of anilines is 1. The number of rotatable bonds is 2. The summed E-state index contributed by atoms with van der Waals surface area (Å²) in [6.45, 7) is 6.65. The topological polar surface area (TPSA) is 52.9 Å². The van der Waals surface area contributed by atoms with Crippen molar-refractivity contribution >= 4 is 33.8 Å². The van der Waals surface area contributed by atoms with E-state index in [1.807, 2.05) is 0 Å². The summed E-state index contributed by atoms with van der Waals surface area (Å²) in [6, 6.07) is 9.22. The first-order valence-electron chi connectivity index (χ1n) is 7.94. The molecule has 5 heteroatoms. The lowest BCUT2D eigenvalue weighted by atomic mass is 9.72. The number of benzene rings is 1. The molecule has 0 spiro atoms. The van der Waals surface area contributed by atoms with E-state index in [-0.39, 0.29) is 11.3 Å². The Hall–Kier alpha value is -1.83. The van der Waals surface area contributed by atoms with E-state index < -0.39 is 0 Å². The molecule has 1 aromatic carbocycles. The van der Waals surface area contributed by atoms with Crippen molar-refractivity contribution in [1.29, 1.82) is 5.26 Å². The van der Waals surface area contributed by atoms with Crippen molar-refractivity contribution in [3.05, 3.63) is 50.9 Å². The monoisotopic (exact) mass is 358 g/mol. The third-order valence-electron chi connectivity index (χ3n) is 4.46. The summed E-state index contributed by atoms with van der Waals surface area (Å²) in [5.74, 6) is 0.120. The lowest BCUT2D eigenvalue weighted by Crippen LogP contribution is -2.23. The van der Waals surface area contributed by atoms with Crippen molar-refractivity contribution in [2.45, 2.75) is 39.5 Å². The molecule has 1 heterocycles. The van der Waals surface area contributed by atoms with Gasteiger partial charge in [0, 0.05) is 4.88 Å². The van der Waals surface area contributed by atoms with Crippen LogP contribution in [-0.4, -0.2) is 5.91 Å². The van der Waals surface area contributed by atoms with Gasteiger partial charge in [0.25, 0.3) is 5.91 Å². The minimum atomic E-state index is -0.275. The molecule has 3 rings (SSSR count). The van der Waals surface area contributed by atoms with Crippen LogP contribution in [0.3, 0.4) is 0 Å². The Balaban J connectivity index is 1.98. The summed E-state index contributed by atoms with van der Waals surface area (Å²) in [6.07, 6.45) is 1.96. The van der Waals surface area contributed by atoms with E-state index in [4.69, 9.17) is 11.6 Å². The van der Waals surface area contributed by atoms with Gasteiger partial charge in [0.1, 0.15) is 11.1 Å². The molecule has 124 valence electrons. The van der Waals surface area contributed by atoms with Crippen molar-refractivity contribution in [3.63, 3.8) is 0 Å². The number of nitrogens with zero attached hydrogens (tertiary/aromatic N) is 1. The maximum absolute atomic E-state index is 12.5. The number of amides is 1. The van der Waals surface area contributed by atoms with Crippen LogP contribution < -0.4 is 5.32 Å². The third-order valence-corrected chi connectivity index (χ3v) is 6.17. The zero-order chi connectivity index (χ0) is 17.5. The molecule has 1 atom stereocenters. The van der Waals surface area contributed by atoms with Crippen LogP contribution in [0.5, 0.6) is 0 Å². The predicted molar refractivity (Wildman–Crippen MR) is 99.0 cm³/mol. The van der Waals surface area contributed by atoms with Crippen LogP contribution >= 0.6 is 22.9 Å². The SMILES string of the molecule is C[C@H]1CC(C)(C)Cc2c1sc(NC(=O)c1ccccc1Cl)c2C#N. The fraction of sp³-hybridized carbons (Fsp3) is 0.368. The van der Waals surface area contributed by atoms with Gasteiger partial charge in [0.2, 0.25) is 0 Å². The highest BCUT2D eigenvalue weighted by molar-refractivity contribution is 7.16. The molecule has 1 amide bonds. The van der Waals surface area contributed by atoms with Crippen molar-refractivity contribution < 1.29 is 4.79 Å². The number of fused-ring (bicyclic) bond motifs is 1. The number of hydrogen-bond donors (Lipinski definition) is 1. The summed E-state index contributed by atoms with van der Waals surface area (Å²) < 4.78 is 0. The van der Waals surface area contributed by atoms with Crippen LogP contribution in [0.25, 0.3) is 0 Å². The molecular formula is C19H19ClN2OS. The average Bonchev–Trinajstić information content (AvgIpc) is 2.83. The highest BCUT2D eigenvalue weighted by atomic mass is 35.5. The van der Waals surface area contributed by atoms with Gasteiger partial charge in [-0.25, -0.2) is 0 Å². The molecule has 1 aliphatic rings. The fourth-order valence-electron chi connectivity index (χ4n) is 3.55. The van der Waals surface area contributed by atoms with E-state index in [1.54, 1.807) is 24.3 Å². The van der Waals surface area contributed by atoms with E-state index in [9.17, 15) is 10.1 Å². The Morgan fingerprint density at radius 3 is 2.79 bits per heavy atom. The Bertz CT molecular complexity index is 848. The van der Waals surface area contributed by atoms with Crippen LogP contribution in [0.15, 0.2) is 24.3 Å². The van der Waals surface area contributed by atoms with Crippen molar-refractivity contribution in [2.24, 2.45) is 5.41 Å². The second-order valence-corrected chi connectivity index (χ2v) is 8.60. The highest BCUT2D eigenvalue weighted by Crippen LogP contribution is 2.48. The number of thiophene rings is 1. The first-order chi connectivity index (χ1) is 11.3.